The average molecular weight is 246 g/mol. The fourth-order valence-electron chi connectivity index (χ4n) is 1.45. The molecule has 2 aromatic rings. The first-order chi connectivity index (χ1) is 8.61. The molecule has 1 aromatic heterocycles. The lowest BCUT2D eigenvalue weighted by molar-refractivity contribution is 0.290. The topological polar surface area (TPSA) is 76.9 Å². The zero-order valence-corrected chi connectivity index (χ0v) is 9.72. The number of nitriles is 1. The number of nitrogens with two attached hydrogens (primary N) is 1. The van der Waals surface area contributed by atoms with E-state index in [1.54, 1.807) is 19.2 Å². The van der Waals surface area contributed by atoms with Crippen molar-refractivity contribution in [1.82, 2.24) is 9.78 Å². The Hall–Kier alpha value is -2.55. The molecule has 0 atom stereocenters. The van der Waals surface area contributed by atoms with E-state index in [9.17, 15) is 4.39 Å². The maximum atomic E-state index is 12.7. The van der Waals surface area contributed by atoms with E-state index >= 15 is 0 Å². The number of rotatable bonds is 3. The fraction of sp³-hybridized carbons (Fsp3) is 0.167. The quantitative estimate of drug-likeness (QED) is 0.892. The summed E-state index contributed by atoms with van der Waals surface area (Å²) in [6.07, 6.45) is 0. The highest BCUT2D eigenvalue weighted by molar-refractivity contribution is 5.54. The van der Waals surface area contributed by atoms with Crippen LogP contribution < -0.4 is 10.5 Å². The predicted molar refractivity (Wildman–Crippen MR) is 63.1 cm³/mol. The lowest BCUT2D eigenvalue weighted by atomic mass is 10.2. The van der Waals surface area contributed by atoms with Crippen LogP contribution in [0.15, 0.2) is 24.3 Å². The van der Waals surface area contributed by atoms with Gasteiger partial charge in [-0.05, 0) is 17.7 Å². The van der Waals surface area contributed by atoms with Gasteiger partial charge in [-0.2, -0.15) is 5.26 Å². The zero-order valence-electron chi connectivity index (χ0n) is 9.72. The molecule has 0 spiro atoms. The van der Waals surface area contributed by atoms with Gasteiger partial charge in [0.2, 0.25) is 0 Å². The summed E-state index contributed by atoms with van der Waals surface area (Å²) < 4.78 is 19.5. The molecule has 6 heteroatoms. The van der Waals surface area contributed by atoms with Crippen LogP contribution in [-0.2, 0) is 13.7 Å². The van der Waals surface area contributed by atoms with Gasteiger partial charge in [-0.1, -0.05) is 12.1 Å². The molecule has 2 N–H and O–H groups in total. The summed E-state index contributed by atoms with van der Waals surface area (Å²) in [5.41, 5.74) is 6.64. The first-order valence-electron chi connectivity index (χ1n) is 5.21. The second-order valence-corrected chi connectivity index (χ2v) is 3.72. The van der Waals surface area contributed by atoms with Crippen molar-refractivity contribution in [1.29, 1.82) is 5.26 Å². The number of halogens is 1. The Balaban J connectivity index is 2.13. The molecule has 0 unspecified atom stereocenters. The maximum Gasteiger partial charge on any atom is 0.253 e. The molecule has 2 rings (SSSR count). The van der Waals surface area contributed by atoms with E-state index in [0.29, 0.717) is 0 Å². The normalized spacial score (nSPS) is 10.1. The van der Waals surface area contributed by atoms with Crippen LogP contribution in [0.4, 0.5) is 10.2 Å². The molecule has 92 valence electrons. The van der Waals surface area contributed by atoms with Crippen LogP contribution in [0.1, 0.15) is 11.1 Å². The standard InChI is InChI=1S/C12H11FN4O/c1-17-11(15)10(6-14)12(16-17)18-7-8-2-4-9(13)5-3-8/h2-5H,7,15H2,1H3. The van der Waals surface area contributed by atoms with Gasteiger partial charge in [0.05, 0.1) is 0 Å². The first-order valence-corrected chi connectivity index (χ1v) is 5.21. The minimum absolute atomic E-state index is 0.182. The second kappa shape index (κ2) is 4.75. The molecular formula is C12H11FN4O. The average Bonchev–Trinajstić information content (AvgIpc) is 2.64. The largest absolute Gasteiger partial charge is 0.471 e. The Bertz CT molecular complexity index is 598. The molecule has 1 heterocycles. The summed E-state index contributed by atoms with van der Waals surface area (Å²) in [6, 6.07) is 7.83. The third-order valence-electron chi connectivity index (χ3n) is 2.46. The van der Waals surface area contributed by atoms with Crippen LogP contribution in [0.25, 0.3) is 0 Å². The molecule has 0 aliphatic rings. The molecule has 5 nitrogen and oxygen atoms in total. The van der Waals surface area contributed by atoms with Crippen LogP contribution in [0.3, 0.4) is 0 Å². The zero-order chi connectivity index (χ0) is 13.1. The van der Waals surface area contributed by atoms with E-state index in [0.717, 1.165) is 5.56 Å². The van der Waals surface area contributed by atoms with Crippen molar-refractivity contribution < 1.29 is 9.13 Å². The third-order valence-corrected chi connectivity index (χ3v) is 2.46. The Morgan fingerprint density at radius 3 is 2.72 bits per heavy atom. The third kappa shape index (κ3) is 2.25. The molecule has 0 bridgehead atoms. The highest BCUT2D eigenvalue weighted by atomic mass is 19.1. The number of hydrogen-bond acceptors (Lipinski definition) is 4. The molecule has 1 aromatic carbocycles. The van der Waals surface area contributed by atoms with Crippen LogP contribution in [0.5, 0.6) is 5.88 Å². The molecule has 0 saturated carbocycles. The van der Waals surface area contributed by atoms with Gasteiger partial charge in [0.15, 0.2) is 5.56 Å². The molecule has 0 radical (unpaired) electrons. The lowest BCUT2D eigenvalue weighted by Crippen LogP contribution is -1.98. The van der Waals surface area contributed by atoms with Gasteiger partial charge in [-0.15, -0.1) is 5.10 Å². The van der Waals surface area contributed by atoms with Crippen molar-refractivity contribution in [2.45, 2.75) is 6.61 Å². The Morgan fingerprint density at radius 1 is 1.44 bits per heavy atom. The number of aryl methyl sites for hydroxylation is 1. The first kappa shape index (κ1) is 11.9. The molecule has 0 fully saturated rings. The number of hydrogen-bond donors (Lipinski definition) is 1. The highest BCUT2D eigenvalue weighted by Crippen LogP contribution is 2.22. The molecule has 0 aliphatic carbocycles. The van der Waals surface area contributed by atoms with E-state index in [2.05, 4.69) is 5.10 Å². The lowest BCUT2D eigenvalue weighted by Gasteiger charge is -2.03. The van der Waals surface area contributed by atoms with Crippen molar-refractivity contribution in [3.63, 3.8) is 0 Å². The summed E-state index contributed by atoms with van der Waals surface area (Å²) >= 11 is 0. The monoisotopic (exact) mass is 246 g/mol. The van der Waals surface area contributed by atoms with E-state index in [4.69, 9.17) is 15.7 Å². The van der Waals surface area contributed by atoms with Gasteiger partial charge in [0.1, 0.15) is 24.3 Å². The number of nitrogens with zero attached hydrogens (tertiary/aromatic N) is 3. The van der Waals surface area contributed by atoms with E-state index in [-0.39, 0.29) is 29.7 Å². The number of ether oxygens (including phenoxy) is 1. The maximum absolute atomic E-state index is 12.7. The van der Waals surface area contributed by atoms with Gasteiger partial charge in [-0.3, -0.25) is 0 Å². The Kier molecular flexibility index (Phi) is 3.15. The molecule has 18 heavy (non-hydrogen) atoms. The Morgan fingerprint density at radius 2 is 2.11 bits per heavy atom. The predicted octanol–water partition coefficient (Wildman–Crippen LogP) is 1.59. The summed E-state index contributed by atoms with van der Waals surface area (Å²) in [6.45, 7) is 0.200. The Labute approximate surface area is 103 Å². The van der Waals surface area contributed by atoms with E-state index in [1.165, 1.54) is 16.8 Å². The number of benzene rings is 1. The van der Waals surface area contributed by atoms with E-state index in [1.807, 2.05) is 6.07 Å². The minimum Gasteiger partial charge on any atom is -0.471 e. The van der Waals surface area contributed by atoms with Crippen molar-refractivity contribution in [2.24, 2.45) is 7.05 Å². The van der Waals surface area contributed by atoms with Gasteiger partial charge < -0.3 is 10.5 Å². The van der Waals surface area contributed by atoms with Crippen molar-refractivity contribution >= 4 is 5.82 Å². The van der Waals surface area contributed by atoms with Crippen molar-refractivity contribution in [3.05, 3.63) is 41.2 Å². The number of aromatic nitrogens is 2. The molecule has 0 aliphatic heterocycles. The van der Waals surface area contributed by atoms with Crippen molar-refractivity contribution in [3.8, 4) is 11.9 Å². The SMILES string of the molecule is Cn1nc(OCc2ccc(F)cc2)c(C#N)c1N. The molecular weight excluding hydrogens is 235 g/mol. The van der Waals surface area contributed by atoms with E-state index < -0.39 is 0 Å². The number of nitrogen functional groups attached to an aromatic ring is 1. The highest BCUT2D eigenvalue weighted by Gasteiger charge is 2.14. The molecule has 0 amide bonds. The summed E-state index contributed by atoms with van der Waals surface area (Å²) in [7, 11) is 1.63. The van der Waals surface area contributed by atoms with Crippen LogP contribution in [0, 0.1) is 17.1 Å². The summed E-state index contributed by atoms with van der Waals surface area (Å²) in [4.78, 5) is 0. The summed E-state index contributed by atoms with van der Waals surface area (Å²) in [5, 5.41) is 12.9. The smallest absolute Gasteiger partial charge is 0.253 e. The number of anilines is 1. The fourth-order valence-corrected chi connectivity index (χ4v) is 1.45. The van der Waals surface area contributed by atoms with Crippen molar-refractivity contribution in [2.75, 3.05) is 5.73 Å². The molecule has 0 saturated heterocycles. The van der Waals surface area contributed by atoms with Gasteiger partial charge in [0, 0.05) is 7.05 Å². The summed E-state index contributed by atoms with van der Waals surface area (Å²) in [5.74, 6) is 0.131. The minimum atomic E-state index is -0.307. The van der Waals surface area contributed by atoms with Crippen LogP contribution >= 0.6 is 0 Å². The van der Waals surface area contributed by atoms with Crippen LogP contribution in [-0.4, -0.2) is 9.78 Å². The van der Waals surface area contributed by atoms with Crippen LogP contribution in [0.2, 0.25) is 0 Å². The van der Waals surface area contributed by atoms with Gasteiger partial charge >= 0.3 is 0 Å². The van der Waals surface area contributed by atoms with Gasteiger partial charge in [0.25, 0.3) is 5.88 Å². The van der Waals surface area contributed by atoms with Gasteiger partial charge in [-0.25, -0.2) is 9.07 Å². The second-order valence-electron chi connectivity index (χ2n) is 3.72.